The summed E-state index contributed by atoms with van der Waals surface area (Å²) in [6.45, 7) is 4.70. The molecule has 0 unspecified atom stereocenters. The number of anilines is 1. The standard InChI is InChI=1S/C23H27N5OS/c1-24-22(29)17-6-7-19(25-14-17)16-5-8-20-21(13-16)30-23(26-20)28-12-9-18(15-28)27-10-3-2-4-11-27/h5-8,13-14,18H,2-4,9-12,15H2,1H3,(H,24,29)/t18-/m1/s1. The number of rotatable bonds is 4. The highest BCUT2D eigenvalue weighted by molar-refractivity contribution is 7.22. The third-order valence-corrected chi connectivity index (χ3v) is 7.35. The Bertz CT molecular complexity index is 1040. The number of carbonyl (C=O) groups is 1. The van der Waals surface area contributed by atoms with E-state index in [-0.39, 0.29) is 5.91 Å². The van der Waals surface area contributed by atoms with Crippen LogP contribution in [0.15, 0.2) is 36.5 Å². The van der Waals surface area contributed by atoms with Crippen molar-refractivity contribution in [2.45, 2.75) is 31.7 Å². The van der Waals surface area contributed by atoms with Gasteiger partial charge in [-0.05, 0) is 56.6 Å². The van der Waals surface area contributed by atoms with Gasteiger partial charge in [0.25, 0.3) is 5.91 Å². The Labute approximate surface area is 180 Å². The van der Waals surface area contributed by atoms with Crippen molar-refractivity contribution >= 4 is 32.6 Å². The predicted octanol–water partition coefficient (Wildman–Crippen LogP) is 3.78. The van der Waals surface area contributed by atoms with Crippen molar-refractivity contribution in [3.63, 3.8) is 0 Å². The highest BCUT2D eigenvalue weighted by atomic mass is 32.1. The molecule has 2 saturated heterocycles. The van der Waals surface area contributed by atoms with Crippen LogP contribution in [-0.4, -0.2) is 60.0 Å². The molecule has 0 saturated carbocycles. The molecule has 7 heteroatoms. The Balaban J connectivity index is 1.33. The molecule has 4 heterocycles. The van der Waals surface area contributed by atoms with Crippen LogP contribution in [0.2, 0.25) is 0 Å². The van der Waals surface area contributed by atoms with E-state index in [2.05, 4.69) is 38.3 Å². The fourth-order valence-electron chi connectivity index (χ4n) is 4.55. The minimum absolute atomic E-state index is 0.120. The molecule has 0 spiro atoms. The van der Waals surface area contributed by atoms with Crippen LogP contribution in [0.4, 0.5) is 5.13 Å². The maximum Gasteiger partial charge on any atom is 0.252 e. The molecule has 5 rings (SSSR count). The average molecular weight is 422 g/mol. The summed E-state index contributed by atoms with van der Waals surface area (Å²) in [5.41, 5.74) is 3.53. The number of nitrogens with zero attached hydrogens (tertiary/aromatic N) is 4. The normalized spacial score (nSPS) is 20.0. The number of hydrogen-bond donors (Lipinski definition) is 1. The fourth-order valence-corrected chi connectivity index (χ4v) is 5.59. The van der Waals surface area contributed by atoms with Gasteiger partial charge in [-0.25, -0.2) is 4.98 Å². The van der Waals surface area contributed by atoms with Crippen LogP contribution in [0.5, 0.6) is 0 Å². The Hall–Kier alpha value is -2.51. The highest BCUT2D eigenvalue weighted by Crippen LogP contribution is 2.34. The van der Waals surface area contributed by atoms with Gasteiger partial charge < -0.3 is 10.2 Å². The molecular weight excluding hydrogens is 394 g/mol. The van der Waals surface area contributed by atoms with Crippen molar-refractivity contribution in [3.8, 4) is 11.3 Å². The van der Waals surface area contributed by atoms with Gasteiger partial charge in [-0.3, -0.25) is 14.7 Å². The van der Waals surface area contributed by atoms with Crippen molar-refractivity contribution in [2.75, 3.05) is 38.1 Å². The number of pyridine rings is 1. The summed E-state index contributed by atoms with van der Waals surface area (Å²) >= 11 is 1.77. The molecular formula is C23H27N5OS. The largest absolute Gasteiger partial charge is 0.355 e. The Morgan fingerprint density at radius 1 is 1.13 bits per heavy atom. The van der Waals surface area contributed by atoms with Gasteiger partial charge in [0.05, 0.1) is 21.5 Å². The van der Waals surface area contributed by atoms with Gasteiger partial charge in [0.2, 0.25) is 0 Å². The van der Waals surface area contributed by atoms with Crippen LogP contribution < -0.4 is 10.2 Å². The van der Waals surface area contributed by atoms with Gasteiger partial charge in [-0.15, -0.1) is 0 Å². The van der Waals surface area contributed by atoms with Crippen LogP contribution >= 0.6 is 11.3 Å². The summed E-state index contributed by atoms with van der Waals surface area (Å²) in [7, 11) is 1.63. The molecule has 1 amide bonds. The van der Waals surface area contributed by atoms with E-state index >= 15 is 0 Å². The lowest BCUT2D eigenvalue weighted by atomic mass is 10.1. The Morgan fingerprint density at radius 3 is 2.77 bits per heavy atom. The van der Waals surface area contributed by atoms with Crippen LogP contribution in [-0.2, 0) is 0 Å². The number of nitrogens with one attached hydrogen (secondary N) is 1. The fraction of sp³-hybridized carbons (Fsp3) is 0.435. The van der Waals surface area contributed by atoms with Crippen LogP contribution in [0.25, 0.3) is 21.5 Å². The van der Waals surface area contributed by atoms with E-state index in [4.69, 9.17) is 4.98 Å². The first-order valence-corrected chi connectivity index (χ1v) is 11.6. The summed E-state index contributed by atoms with van der Waals surface area (Å²) in [6, 6.07) is 10.7. The van der Waals surface area contributed by atoms with Crippen molar-refractivity contribution in [3.05, 3.63) is 42.1 Å². The molecule has 1 N–H and O–H groups in total. The van der Waals surface area contributed by atoms with E-state index in [1.807, 2.05) is 12.1 Å². The maximum atomic E-state index is 11.7. The zero-order valence-corrected chi connectivity index (χ0v) is 18.1. The molecule has 2 aromatic heterocycles. The SMILES string of the molecule is CNC(=O)c1ccc(-c2ccc3nc(N4CC[C@@H](N5CCCCC5)C4)sc3c2)nc1. The molecule has 30 heavy (non-hydrogen) atoms. The van der Waals surface area contributed by atoms with E-state index in [1.165, 1.54) is 43.5 Å². The predicted molar refractivity (Wildman–Crippen MR) is 122 cm³/mol. The summed E-state index contributed by atoms with van der Waals surface area (Å²) in [5, 5.41) is 3.75. The van der Waals surface area contributed by atoms with Gasteiger partial charge in [-0.1, -0.05) is 23.8 Å². The minimum Gasteiger partial charge on any atom is -0.355 e. The molecule has 0 radical (unpaired) electrons. The van der Waals surface area contributed by atoms with Crippen molar-refractivity contribution in [1.82, 2.24) is 20.2 Å². The number of amides is 1. The number of piperidine rings is 1. The third kappa shape index (κ3) is 3.79. The third-order valence-electron chi connectivity index (χ3n) is 6.27. The topological polar surface area (TPSA) is 61.4 Å². The number of carbonyl (C=O) groups excluding carboxylic acids is 1. The lowest BCUT2D eigenvalue weighted by Gasteiger charge is -2.32. The molecule has 0 bridgehead atoms. The van der Waals surface area contributed by atoms with E-state index in [0.717, 1.165) is 35.0 Å². The zero-order valence-electron chi connectivity index (χ0n) is 17.3. The Kier molecular flexibility index (Phi) is 5.39. The highest BCUT2D eigenvalue weighted by Gasteiger charge is 2.29. The molecule has 1 atom stereocenters. The number of fused-ring (bicyclic) bond motifs is 1. The molecule has 2 aliphatic heterocycles. The van der Waals surface area contributed by atoms with E-state index in [9.17, 15) is 4.79 Å². The van der Waals surface area contributed by atoms with Crippen molar-refractivity contribution in [1.29, 1.82) is 0 Å². The smallest absolute Gasteiger partial charge is 0.252 e. The molecule has 1 aromatic carbocycles. The Morgan fingerprint density at radius 2 is 2.00 bits per heavy atom. The van der Waals surface area contributed by atoms with E-state index in [1.54, 1.807) is 24.6 Å². The zero-order chi connectivity index (χ0) is 20.5. The lowest BCUT2D eigenvalue weighted by Crippen LogP contribution is -2.40. The molecule has 6 nitrogen and oxygen atoms in total. The second kappa shape index (κ2) is 8.32. The minimum atomic E-state index is -0.120. The quantitative estimate of drug-likeness (QED) is 0.695. The van der Waals surface area contributed by atoms with Gasteiger partial charge in [0, 0.05) is 37.9 Å². The number of thiazole rings is 1. The van der Waals surface area contributed by atoms with E-state index < -0.39 is 0 Å². The molecule has 2 aliphatic rings. The first-order chi connectivity index (χ1) is 14.7. The summed E-state index contributed by atoms with van der Waals surface area (Å²) in [4.78, 5) is 26.3. The molecule has 2 fully saturated rings. The van der Waals surface area contributed by atoms with Gasteiger partial charge in [-0.2, -0.15) is 0 Å². The lowest BCUT2D eigenvalue weighted by molar-refractivity contribution is 0.0963. The maximum absolute atomic E-state index is 11.7. The number of likely N-dealkylation sites (tertiary alicyclic amines) is 1. The summed E-state index contributed by atoms with van der Waals surface area (Å²) in [6.07, 6.45) is 6.94. The van der Waals surface area contributed by atoms with Gasteiger partial charge in [0.15, 0.2) is 5.13 Å². The molecule has 3 aromatic rings. The van der Waals surface area contributed by atoms with Gasteiger partial charge >= 0.3 is 0 Å². The van der Waals surface area contributed by atoms with Gasteiger partial charge in [0.1, 0.15) is 0 Å². The first-order valence-electron chi connectivity index (χ1n) is 10.8. The second-order valence-corrected chi connectivity index (χ2v) is 9.18. The monoisotopic (exact) mass is 421 g/mol. The second-order valence-electron chi connectivity index (χ2n) is 8.18. The number of aromatic nitrogens is 2. The summed E-state index contributed by atoms with van der Waals surface area (Å²) in [5.74, 6) is -0.120. The van der Waals surface area contributed by atoms with E-state index in [0.29, 0.717) is 11.6 Å². The molecule has 0 aliphatic carbocycles. The number of hydrogen-bond acceptors (Lipinski definition) is 6. The van der Waals surface area contributed by atoms with Crippen LogP contribution in [0.1, 0.15) is 36.0 Å². The van der Waals surface area contributed by atoms with Crippen molar-refractivity contribution in [2.24, 2.45) is 0 Å². The average Bonchev–Trinajstić information content (AvgIpc) is 3.46. The van der Waals surface area contributed by atoms with Crippen molar-refractivity contribution < 1.29 is 4.79 Å². The summed E-state index contributed by atoms with van der Waals surface area (Å²) < 4.78 is 1.18. The van der Waals surface area contributed by atoms with Crippen LogP contribution in [0.3, 0.4) is 0 Å². The first kappa shape index (κ1) is 19.5. The van der Waals surface area contributed by atoms with Crippen LogP contribution in [0, 0.1) is 0 Å². The number of benzene rings is 1. The molecule has 156 valence electrons.